The van der Waals surface area contributed by atoms with E-state index in [-0.39, 0.29) is 5.97 Å². The van der Waals surface area contributed by atoms with Gasteiger partial charge >= 0.3 is 5.97 Å². The van der Waals surface area contributed by atoms with E-state index in [9.17, 15) is 4.79 Å². The Kier molecular flexibility index (Phi) is 7.92. The molecule has 4 aromatic rings. The van der Waals surface area contributed by atoms with Crippen molar-refractivity contribution in [3.63, 3.8) is 0 Å². The van der Waals surface area contributed by atoms with Crippen molar-refractivity contribution in [3.05, 3.63) is 99.8 Å². The number of hydrogen-bond acceptors (Lipinski definition) is 5. The van der Waals surface area contributed by atoms with Crippen LogP contribution in [0.25, 0.3) is 22.5 Å². The fraction of sp³-hybridized carbons (Fsp3) is 0.281. The second kappa shape index (κ2) is 11.4. The number of piperidine rings is 1. The molecule has 1 saturated heterocycles. The van der Waals surface area contributed by atoms with Crippen LogP contribution in [0.1, 0.15) is 36.5 Å². The van der Waals surface area contributed by atoms with E-state index in [1.165, 1.54) is 0 Å². The topological polar surface area (TPSA) is 55.3 Å². The Morgan fingerprint density at radius 1 is 0.846 bits per heavy atom. The number of esters is 1. The van der Waals surface area contributed by atoms with E-state index in [0.29, 0.717) is 42.6 Å². The molecule has 2 aromatic heterocycles. The Morgan fingerprint density at radius 3 is 1.95 bits per heavy atom. The summed E-state index contributed by atoms with van der Waals surface area (Å²) in [5, 5.41) is 1.26. The van der Waals surface area contributed by atoms with Crippen molar-refractivity contribution in [2.24, 2.45) is 0 Å². The number of benzene rings is 2. The second-order valence-electron chi connectivity index (χ2n) is 10.1. The summed E-state index contributed by atoms with van der Waals surface area (Å²) >= 11 is 13.2. The molecule has 0 radical (unpaired) electrons. The third-order valence-electron chi connectivity index (χ3n) is 7.49. The van der Waals surface area contributed by atoms with Crippen LogP contribution in [-0.4, -0.2) is 35.6 Å². The number of ether oxygens (including phenoxy) is 1. The van der Waals surface area contributed by atoms with Crippen LogP contribution >= 0.6 is 23.2 Å². The number of halogens is 2. The Balaban J connectivity index is 1.46. The van der Waals surface area contributed by atoms with Gasteiger partial charge in [0.25, 0.3) is 0 Å². The number of pyridine rings is 2. The summed E-state index contributed by atoms with van der Waals surface area (Å²) in [5.74, 6) is -0.199. The van der Waals surface area contributed by atoms with Crippen LogP contribution in [0.5, 0.6) is 0 Å². The van der Waals surface area contributed by atoms with Gasteiger partial charge in [0.2, 0.25) is 0 Å². The summed E-state index contributed by atoms with van der Waals surface area (Å²) in [7, 11) is 0. The van der Waals surface area contributed by atoms with Crippen molar-refractivity contribution in [3.8, 4) is 22.5 Å². The predicted molar refractivity (Wildman–Crippen MR) is 159 cm³/mol. The van der Waals surface area contributed by atoms with Gasteiger partial charge in [-0.15, -0.1) is 0 Å². The van der Waals surface area contributed by atoms with Crippen molar-refractivity contribution in [2.45, 2.75) is 39.0 Å². The lowest BCUT2D eigenvalue weighted by molar-refractivity contribution is -0.151. The summed E-state index contributed by atoms with van der Waals surface area (Å²) < 4.78 is 5.64. The lowest BCUT2D eigenvalue weighted by Gasteiger charge is -2.41. The number of carbonyl (C=O) groups is 1. The third-order valence-corrected chi connectivity index (χ3v) is 8.15. The van der Waals surface area contributed by atoms with Gasteiger partial charge in [0.05, 0.1) is 28.4 Å². The van der Waals surface area contributed by atoms with Gasteiger partial charge in [-0.2, -0.15) is 0 Å². The lowest BCUT2D eigenvalue weighted by atomic mass is 9.72. The maximum absolute atomic E-state index is 13.5. The number of anilines is 1. The first-order valence-corrected chi connectivity index (χ1v) is 13.9. The number of aromatic nitrogens is 2. The van der Waals surface area contributed by atoms with Gasteiger partial charge in [0, 0.05) is 47.3 Å². The van der Waals surface area contributed by atoms with Crippen molar-refractivity contribution < 1.29 is 9.53 Å². The molecule has 7 heteroatoms. The summed E-state index contributed by atoms with van der Waals surface area (Å²) in [5.41, 5.74) is 6.68. The molecule has 0 unspecified atom stereocenters. The molecule has 200 valence electrons. The molecule has 39 heavy (non-hydrogen) atoms. The Hall–Kier alpha value is -3.41. The minimum atomic E-state index is -0.773. The Labute approximate surface area is 239 Å². The minimum Gasteiger partial charge on any atom is -0.465 e. The molecule has 1 aliphatic heterocycles. The van der Waals surface area contributed by atoms with Crippen molar-refractivity contribution in [1.29, 1.82) is 0 Å². The largest absolute Gasteiger partial charge is 0.465 e. The molecular formula is C32H31Cl2N3O2. The van der Waals surface area contributed by atoms with Gasteiger partial charge in [0.15, 0.2) is 0 Å². The Morgan fingerprint density at radius 2 is 1.41 bits per heavy atom. The van der Waals surface area contributed by atoms with Crippen molar-refractivity contribution >= 4 is 34.9 Å². The SMILES string of the molecule is CCOC(=O)C1(c2ccc(Cl)c(-c3ccc(C)cn3)c2)CCN(c2ccc(Cl)c(-c3ccc(C)cn3)c2)CC1. The summed E-state index contributed by atoms with van der Waals surface area (Å²) in [6.07, 6.45) is 4.88. The van der Waals surface area contributed by atoms with Crippen LogP contribution in [0.15, 0.2) is 73.1 Å². The molecule has 5 nitrogen and oxygen atoms in total. The molecule has 1 fully saturated rings. The number of hydrogen-bond donors (Lipinski definition) is 0. The van der Waals surface area contributed by atoms with Crippen LogP contribution in [-0.2, 0) is 14.9 Å². The monoisotopic (exact) mass is 559 g/mol. The molecule has 0 spiro atoms. The van der Waals surface area contributed by atoms with E-state index in [1.54, 1.807) is 0 Å². The maximum Gasteiger partial charge on any atom is 0.316 e. The molecular weight excluding hydrogens is 529 g/mol. The molecule has 5 rings (SSSR count). The molecule has 0 bridgehead atoms. The van der Waals surface area contributed by atoms with Crippen molar-refractivity contribution in [1.82, 2.24) is 9.97 Å². The average molecular weight is 561 g/mol. The molecule has 0 aliphatic carbocycles. The van der Waals surface area contributed by atoms with Crippen LogP contribution < -0.4 is 4.90 Å². The van der Waals surface area contributed by atoms with Gasteiger partial charge in [-0.3, -0.25) is 14.8 Å². The van der Waals surface area contributed by atoms with Gasteiger partial charge < -0.3 is 9.64 Å². The predicted octanol–water partition coefficient (Wildman–Crippen LogP) is 7.84. The first-order chi connectivity index (χ1) is 18.8. The zero-order valence-electron chi connectivity index (χ0n) is 22.4. The standard InChI is InChI=1S/C32H31Cl2N3O2/c1-4-39-31(38)32(23-7-9-27(33)25(17-23)29-11-5-21(2)19-35-29)13-15-37(16-14-32)24-8-10-28(34)26(18-24)30-12-6-22(3)20-36-30/h5-12,17-20H,4,13-16H2,1-3H3. The normalized spacial score (nSPS) is 14.7. The highest BCUT2D eigenvalue weighted by Crippen LogP contribution is 2.42. The smallest absolute Gasteiger partial charge is 0.316 e. The first-order valence-electron chi connectivity index (χ1n) is 13.2. The minimum absolute atomic E-state index is 0.199. The highest BCUT2D eigenvalue weighted by molar-refractivity contribution is 6.33. The summed E-state index contributed by atoms with van der Waals surface area (Å²) in [6, 6.07) is 19.9. The van der Waals surface area contributed by atoms with E-state index in [1.807, 2.05) is 87.8 Å². The molecule has 0 atom stereocenters. The highest BCUT2D eigenvalue weighted by atomic mass is 35.5. The number of nitrogens with zero attached hydrogens (tertiary/aromatic N) is 3. The average Bonchev–Trinajstić information content (AvgIpc) is 2.95. The zero-order valence-corrected chi connectivity index (χ0v) is 23.9. The number of carbonyl (C=O) groups excluding carboxylic acids is 1. The number of rotatable bonds is 6. The third kappa shape index (κ3) is 5.52. The van der Waals surface area contributed by atoms with Crippen LogP contribution in [0, 0.1) is 13.8 Å². The quantitative estimate of drug-likeness (QED) is 0.225. The van der Waals surface area contributed by atoms with E-state index < -0.39 is 5.41 Å². The van der Waals surface area contributed by atoms with E-state index in [0.717, 1.165) is 44.9 Å². The fourth-order valence-corrected chi connectivity index (χ4v) is 5.63. The van der Waals surface area contributed by atoms with Gasteiger partial charge in [-0.1, -0.05) is 41.4 Å². The molecule has 2 aromatic carbocycles. The molecule has 0 N–H and O–H groups in total. The zero-order chi connectivity index (χ0) is 27.6. The van der Waals surface area contributed by atoms with E-state index >= 15 is 0 Å². The maximum atomic E-state index is 13.5. The van der Waals surface area contributed by atoms with Crippen LogP contribution in [0.3, 0.4) is 0 Å². The van der Waals surface area contributed by atoms with Gasteiger partial charge in [-0.05, 0) is 92.8 Å². The van der Waals surface area contributed by atoms with Crippen LogP contribution in [0.2, 0.25) is 10.0 Å². The molecule has 0 amide bonds. The first kappa shape index (κ1) is 27.2. The summed E-state index contributed by atoms with van der Waals surface area (Å²) in [4.78, 5) is 25.0. The molecule has 0 saturated carbocycles. The fourth-order valence-electron chi connectivity index (χ4n) is 5.21. The van der Waals surface area contributed by atoms with Crippen LogP contribution in [0.4, 0.5) is 5.69 Å². The highest BCUT2D eigenvalue weighted by Gasteiger charge is 2.44. The lowest BCUT2D eigenvalue weighted by Crippen LogP contribution is -2.48. The van der Waals surface area contributed by atoms with E-state index in [4.69, 9.17) is 27.9 Å². The second-order valence-corrected chi connectivity index (χ2v) is 10.9. The van der Waals surface area contributed by atoms with Gasteiger partial charge in [0.1, 0.15) is 0 Å². The van der Waals surface area contributed by atoms with Crippen molar-refractivity contribution in [2.75, 3.05) is 24.6 Å². The Bertz CT molecular complexity index is 1480. The summed E-state index contributed by atoms with van der Waals surface area (Å²) in [6.45, 7) is 7.55. The molecule has 1 aliphatic rings. The molecule has 3 heterocycles. The van der Waals surface area contributed by atoms with E-state index in [2.05, 4.69) is 20.9 Å². The number of aryl methyl sites for hydroxylation is 2. The van der Waals surface area contributed by atoms with Gasteiger partial charge in [-0.25, -0.2) is 0 Å².